The normalized spacial score (nSPS) is 8.11. The Kier molecular flexibility index (Phi) is 4.08. The summed E-state index contributed by atoms with van der Waals surface area (Å²) in [6.45, 7) is 1.78. The van der Waals surface area contributed by atoms with Gasteiger partial charge in [0.15, 0.2) is 0 Å². The van der Waals surface area contributed by atoms with Gasteiger partial charge in [-0.15, -0.1) is 0 Å². The van der Waals surface area contributed by atoms with Crippen LogP contribution in [0.2, 0.25) is 0 Å². The molecule has 0 saturated carbocycles. The van der Waals surface area contributed by atoms with Gasteiger partial charge < -0.3 is 5.11 Å². The Bertz CT molecular complexity index is 165. The van der Waals surface area contributed by atoms with Crippen molar-refractivity contribution in [2.24, 2.45) is 0 Å². The standard InChI is InChI=1S/C7H7O.Y/c1-6-4-2-3-5-7(6)8;/h2-4,8H,1H3;/q-1;/p-1. The molecule has 2 heteroatoms. The first kappa shape index (κ1) is 9.12. The van der Waals surface area contributed by atoms with Crippen molar-refractivity contribution in [3.8, 4) is 5.75 Å². The summed E-state index contributed by atoms with van der Waals surface area (Å²) in [6.07, 6.45) is 0. The van der Waals surface area contributed by atoms with Crippen LogP contribution in [0.4, 0.5) is 0 Å². The van der Waals surface area contributed by atoms with Gasteiger partial charge >= 0.3 is 0 Å². The molecule has 0 spiro atoms. The molecule has 0 aliphatic carbocycles. The minimum Gasteiger partial charge on any atom is -0.891 e. The fourth-order valence-corrected chi connectivity index (χ4v) is 0.506. The van der Waals surface area contributed by atoms with Crippen molar-refractivity contribution in [1.82, 2.24) is 0 Å². The molecule has 0 fully saturated rings. The summed E-state index contributed by atoms with van der Waals surface area (Å²) < 4.78 is 0. The van der Waals surface area contributed by atoms with Crippen LogP contribution in [-0.2, 0) is 32.7 Å². The van der Waals surface area contributed by atoms with E-state index in [1.165, 1.54) is 0 Å². The molecule has 0 amide bonds. The van der Waals surface area contributed by atoms with E-state index < -0.39 is 0 Å². The van der Waals surface area contributed by atoms with Gasteiger partial charge in [0.25, 0.3) is 0 Å². The molecule has 0 N–H and O–H groups in total. The molecule has 0 saturated heterocycles. The minimum atomic E-state index is -0.00694. The Labute approximate surface area is 80.0 Å². The smallest absolute Gasteiger partial charge is 0 e. The van der Waals surface area contributed by atoms with Crippen molar-refractivity contribution < 1.29 is 37.8 Å². The van der Waals surface area contributed by atoms with Crippen LogP contribution in [0.25, 0.3) is 0 Å². The van der Waals surface area contributed by atoms with Crippen LogP contribution in [0.5, 0.6) is 5.75 Å². The largest absolute Gasteiger partial charge is 0.891 e. The van der Waals surface area contributed by atoms with E-state index in [2.05, 4.69) is 6.07 Å². The van der Waals surface area contributed by atoms with E-state index in [9.17, 15) is 5.11 Å². The average molecular weight is 195 g/mol. The van der Waals surface area contributed by atoms with Gasteiger partial charge in [-0.1, -0.05) is 6.92 Å². The third-order valence-electron chi connectivity index (χ3n) is 1.02. The van der Waals surface area contributed by atoms with Crippen molar-refractivity contribution in [2.75, 3.05) is 0 Å². The molecule has 1 radical (unpaired) electrons. The number of hydrogen-bond donors (Lipinski definition) is 0. The zero-order chi connectivity index (χ0) is 5.98. The summed E-state index contributed by atoms with van der Waals surface area (Å²) >= 11 is 0. The fraction of sp³-hybridized carbons (Fsp3) is 0.143. The van der Waals surface area contributed by atoms with E-state index in [1.54, 1.807) is 25.1 Å². The van der Waals surface area contributed by atoms with Gasteiger partial charge in [0.1, 0.15) is 0 Å². The second kappa shape index (κ2) is 4.02. The van der Waals surface area contributed by atoms with Crippen LogP contribution in [-0.4, -0.2) is 0 Å². The molecule has 1 nitrogen and oxygen atoms in total. The van der Waals surface area contributed by atoms with Crippen molar-refractivity contribution >= 4 is 0 Å². The van der Waals surface area contributed by atoms with E-state index in [4.69, 9.17) is 0 Å². The molecule has 1 aromatic rings. The summed E-state index contributed by atoms with van der Waals surface area (Å²) in [7, 11) is 0. The zero-order valence-electron chi connectivity index (χ0n) is 5.22. The number of benzene rings is 1. The third-order valence-corrected chi connectivity index (χ3v) is 1.02. The molecule has 0 unspecified atom stereocenters. The predicted molar refractivity (Wildman–Crippen MR) is 29.5 cm³/mol. The maximum atomic E-state index is 10.6. The van der Waals surface area contributed by atoms with Crippen molar-refractivity contribution in [3.63, 3.8) is 0 Å². The van der Waals surface area contributed by atoms with Crippen LogP contribution in [0, 0.1) is 13.0 Å². The topological polar surface area (TPSA) is 23.1 Å². The van der Waals surface area contributed by atoms with E-state index in [0.717, 1.165) is 5.56 Å². The fourth-order valence-electron chi connectivity index (χ4n) is 0.506. The van der Waals surface area contributed by atoms with Gasteiger partial charge in [0.05, 0.1) is 0 Å². The number of aryl methyl sites for hydroxylation is 1. The average Bonchev–Trinajstić information content (AvgIpc) is 1.77. The summed E-state index contributed by atoms with van der Waals surface area (Å²) in [4.78, 5) is 0. The first-order valence-corrected chi connectivity index (χ1v) is 2.45. The number of para-hydroxylation sites is 1. The quantitative estimate of drug-likeness (QED) is 0.563. The minimum absolute atomic E-state index is 0. The number of rotatable bonds is 0. The number of hydrogen-bond acceptors (Lipinski definition) is 1. The van der Waals surface area contributed by atoms with E-state index in [1.807, 2.05) is 0 Å². The molecule has 1 rings (SSSR count). The summed E-state index contributed by atoms with van der Waals surface area (Å²) in [5, 5.41) is 10.6. The van der Waals surface area contributed by atoms with Crippen LogP contribution in [0.1, 0.15) is 5.56 Å². The van der Waals surface area contributed by atoms with Crippen LogP contribution in [0.3, 0.4) is 0 Å². The molecule has 1 aromatic carbocycles. The van der Waals surface area contributed by atoms with Gasteiger partial charge in [0.2, 0.25) is 0 Å². The van der Waals surface area contributed by atoms with Gasteiger partial charge in [-0.3, -0.25) is 0 Å². The Balaban J connectivity index is 0.000000640. The Morgan fingerprint density at radius 3 is 2.56 bits per heavy atom. The van der Waals surface area contributed by atoms with Gasteiger partial charge in [-0.05, 0) is 0 Å². The van der Waals surface area contributed by atoms with Crippen molar-refractivity contribution in [3.05, 3.63) is 29.8 Å². The monoisotopic (exact) mass is 195 g/mol. The molecule has 0 aliphatic rings. The van der Waals surface area contributed by atoms with Crippen molar-refractivity contribution in [2.45, 2.75) is 6.92 Å². The van der Waals surface area contributed by atoms with E-state index in [0.29, 0.717) is 0 Å². The predicted octanol–water partition coefficient (Wildman–Crippen LogP) is 0.866. The third kappa shape index (κ3) is 2.46. The Hall–Kier alpha value is 0.124. The Morgan fingerprint density at radius 2 is 2.22 bits per heavy atom. The first-order valence-electron chi connectivity index (χ1n) is 2.45. The molecular weight excluding hydrogens is 189 g/mol. The molecule has 9 heavy (non-hydrogen) atoms. The maximum absolute atomic E-state index is 10.6. The van der Waals surface area contributed by atoms with Crippen LogP contribution >= 0.6 is 0 Å². The van der Waals surface area contributed by atoms with E-state index in [-0.39, 0.29) is 38.5 Å². The van der Waals surface area contributed by atoms with Gasteiger partial charge in [-0.2, -0.15) is 29.8 Å². The molecule has 0 atom stereocenters. The second-order valence-electron chi connectivity index (χ2n) is 1.68. The second-order valence-corrected chi connectivity index (χ2v) is 1.68. The first-order chi connectivity index (χ1) is 3.80. The van der Waals surface area contributed by atoms with Crippen LogP contribution < -0.4 is 5.11 Å². The van der Waals surface area contributed by atoms with Crippen molar-refractivity contribution in [1.29, 1.82) is 0 Å². The molecule has 45 valence electrons. The Morgan fingerprint density at radius 1 is 1.56 bits per heavy atom. The molecule has 0 bridgehead atoms. The summed E-state index contributed by atoms with van der Waals surface area (Å²) in [6, 6.07) is 7.74. The SMILES string of the molecule is Cc1ccc[c-]c1[O-].[Y]. The molecular formula is C7H6OY-2. The van der Waals surface area contributed by atoms with Gasteiger partial charge in [-0.25, -0.2) is 5.75 Å². The maximum Gasteiger partial charge on any atom is 0 e. The van der Waals surface area contributed by atoms with E-state index >= 15 is 0 Å². The molecule has 0 aromatic heterocycles. The molecule has 0 heterocycles. The zero-order valence-corrected chi connectivity index (χ0v) is 8.06. The van der Waals surface area contributed by atoms with Gasteiger partial charge in [0, 0.05) is 32.7 Å². The summed E-state index contributed by atoms with van der Waals surface area (Å²) in [5.74, 6) is -0.00694. The summed E-state index contributed by atoms with van der Waals surface area (Å²) in [5.41, 5.74) is 0.757. The molecule has 0 aliphatic heterocycles. The van der Waals surface area contributed by atoms with Crippen LogP contribution in [0.15, 0.2) is 18.2 Å².